The van der Waals surface area contributed by atoms with Crippen molar-refractivity contribution in [3.8, 4) is 22.8 Å². The van der Waals surface area contributed by atoms with Gasteiger partial charge in [0.15, 0.2) is 28.5 Å². The molecule has 0 saturated heterocycles. The number of fused-ring (bicyclic) bond motifs is 1. The molecule has 9 nitrogen and oxygen atoms in total. The van der Waals surface area contributed by atoms with Crippen molar-refractivity contribution in [1.29, 1.82) is 0 Å². The molecule has 13 heteroatoms. The fourth-order valence-electron chi connectivity index (χ4n) is 4.43. The van der Waals surface area contributed by atoms with Gasteiger partial charge in [0.25, 0.3) is 5.91 Å². The largest absolute Gasteiger partial charge is 0.493 e. The summed E-state index contributed by atoms with van der Waals surface area (Å²) in [5.74, 6) is 0.0341. The minimum atomic E-state index is -4.78. The summed E-state index contributed by atoms with van der Waals surface area (Å²) in [5, 5.41) is 11.8. The van der Waals surface area contributed by atoms with E-state index in [4.69, 9.17) is 21.1 Å². The van der Waals surface area contributed by atoms with E-state index in [1.807, 2.05) is 18.2 Å². The van der Waals surface area contributed by atoms with Gasteiger partial charge >= 0.3 is 6.18 Å². The zero-order valence-corrected chi connectivity index (χ0v) is 23.1. The second-order valence-electron chi connectivity index (χ2n) is 9.14. The molecule has 0 fully saturated rings. The summed E-state index contributed by atoms with van der Waals surface area (Å²) in [6, 6.07) is 14.1. The number of rotatable bonds is 7. The van der Waals surface area contributed by atoms with Crippen LogP contribution in [0.5, 0.6) is 11.5 Å². The molecule has 0 aliphatic heterocycles. The summed E-state index contributed by atoms with van der Waals surface area (Å²) < 4.78 is 55.1. The van der Waals surface area contributed by atoms with Crippen LogP contribution in [0.2, 0.25) is 5.02 Å². The Balaban J connectivity index is 1.50. The SMILES string of the molecule is COc1ccc(-c2cc(C(F)(F)F)n3nc(C(=O)Nc4c(C)nn(Cc5ccccc5Cl)c4C)cc3n2)cc1OC. The number of anilines is 1. The molecule has 3 heterocycles. The maximum atomic E-state index is 14.1. The number of benzene rings is 2. The standard InChI is InChI=1S/C28H24ClF3N6O3/c1-15-26(16(2)37(35-15)14-18-7-5-6-8-19(18)29)34-27(39)21-13-25-33-20(12-24(28(30,31)32)38(25)36-21)17-9-10-22(40-3)23(11-17)41-4/h5-13H,14H2,1-4H3,(H,34,39). The lowest BCUT2D eigenvalue weighted by Gasteiger charge is -2.12. The van der Waals surface area contributed by atoms with Gasteiger partial charge in [0.1, 0.15) is 0 Å². The zero-order chi connectivity index (χ0) is 29.5. The van der Waals surface area contributed by atoms with Crippen molar-refractivity contribution >= 4 is 28.8 Å². The van der Waals surface area contributed by atoms with E-state index in [1.165, 1.54) is 26.4 Å². The highest BCUT2D eigenvalue weighted by molar-refractivity contribution is 6.31. The van der Waals surface area contributed by atoms with Crippen LogP contribution in [0.25, 0.3) is 16.9 Å². The van der Waals surface area contributed by atoms with Crippen molar-refractivity contribution < 1.29 is 27.4 Å². The first-order valence-electron chi connectivity index (χ1n) is 12.3. The second kappa shape index (κ2) is 10.8. The molecular weight excluding hydrogens is 561 g/mol. The monoisotopic (exact) mass is 584 g/mol. The van der Waals surface area contributed by atoms with Gasteiger partial charge in [-0.3, -0.25) is 9.48 Å². The third-order valence-corrected chi connectivity index (χ3v) is 6.90. The van der Waals surface area contributed by atoms with E-state index in [0.717, 1.165) is 11.6 Å². The summed E-state index contributed by atoms with van der Waals surface area (Å²) in [5.41, 5.74) is 1.32. The number of alkyl halides is 3. The second-order valence-corrected chi connectivity index (χ2v) is 9.55. The molecule has 0 spiro atoms. The molecule has 0 aliphatic carbocycles. The quantitative estimate of drug-likeness (QED) is 0.245. The molecular formula is C28H24ClF3N6O3. The lowest BCUT2D eigenvalue weighted by Crippen LogP contribution is -2.16. The minimum absolute atomic E-state index is 0.0187. The summed E-state index contributed by atoms with van der Waals surface area (Å²) in [7, 11) is 2.88. The molecule has 5 aromatic rings. The lowest BCUT2D eigenvalue weighted by atomic mass is 10.1. The molecule has 0 atom stereocenters. The van der Waals surface area contributed by atoms with Gasteiger partial charge in [-0.1, -0.05) is 29.8 Å². The summed E-state index contributed by atoms with van der Waals surface area (Å²) in [6.07, 6.45) is -4.78. The number of nitrogens with zero attached hydrogens (tertiary/aromatic N) is 5. The summed E-state index contributed by atoms with van der Waals surface area (Å²) in [6.45, 7) is 3.86. The average Bonchev–Trinajstić information content (AvgIpc) is 3.49. The van der Waals surface area contributed by atoms with Crippen molar-refractivity contribution in [1.82, 2.24) is 24.4 Å². The van der Waals surface area contributed by atoms with Crippen LogP contribution < -0.4 is 14.8 Å². The van der Waals surface area contributed by atoms with Crippen LogP contribution >= 0.6 is 11.6 Å². The predicted octanol–water partition coefficient (Wildman–Crippen LogP) is 6.20. The van der Waals surface area contributed by atoms with Crippen LogP contribution in [0.15, 0.2) is 54.6 Å². The Morgan fingerprint density at radius 3 is 2.41 bits per heavy atom. The maximum Gasteiger partial charge on any atom is 0.433 e. The number of carbonyl (C=O) groups is 1. The van der Waals surface area contributed by atoms with Crippen molar-refractivity contribution in [2.24, 2.45) is 0 Å². The van der Waals surface area contributed by atoms with Crippen LogP contribution in [0, 0.1) is 13.8 Å². The number of methoxy groups -OCH3 is 2. The van der Waals surface area contributed by atoms with Crippen molar-refractivity contribution in [2.75, 3.05) is 19.5 Å². The lowest BCUT2D eigenvalue weighted by molar-refractivity contribution is -0.142. The number of nitrogens with one attached hydrogen (secondary N) is 1. The summed E-state index contributed by atoms with van der Waals surface area (Å²) >= 11 is 6.28. The molecule has 3 aromatic heterocycles. The number of carbonyl (C=O) groups excluding carboxylic acids is 1. The van der Waals surface area contributed by atoms with E-state index in [-0.39, 0.29) is 17.0 Å². The molecule has 0 saturated carbocycles. The summed E-state index contributed by atoms with van der Waals surface area (Å²) in [4.78, 5) is 17.5. The van der Waals surface area contributed by atoms with Gasteiger partial charge < -0.3 is 14.8 Å². The van der Waals surface area contributed by atoms with Crippen LogP contribution in [0.1, 0.15) is 33.1 Å². The molecule has 0 bridgehead atoms. The van der Waals surface area contributed by atoms with Gasteiger partial charge in [-0.15, -0.1) is 0 Å². The van der Waals surface area contributed by atoms with E-state index < -0.39 is 17.8 Å². The molecule has 212 valence electrons. The number of hydrogen-bond acceptors (Lipinski definition) is 6. The van der Waals surface area contributed by atoms with Crippen LogP contribution in [0.3, 0.4) is 0 Å². The zero-order valence-electron chi connectivity index (χ0n) is 22.4. The topological polar surface area (TPSA) is 95.6 Å². The number of halogens is 4. The molecule has 5 rings (SSSR count). The molecule has 0 radical (unpaired) electrons. The van der Waals surface area contributed by atoms with Crippen molar-refractivity contribution in [2.45, 2.75) is 26.6 Å². The van der Waals surface area contributed by atoms with Crippen LogP contribution in [-0.4, -0.2) is 44.5 Å². The van der Waals surface area contributed by atoms with Crippen molar-refractivity contribution in [3.05, 3.63) is 88.0 Å². The minimum Gasteiger partial charge on any atom is -0.493 e. The predicted molar refractivity (Wildman–Crippen MR) is 147 cm³/mol. The van der Waals surface area contributed by atoms with Gasteiger partial charge in [-0.25, -0.2) is 9.50 Å². The van der Waals surface area contributed by atoms with Crippen LogP contribution in [-0.2, 0) is 12.7 Å². The van der Waals surface area contributed by atoms with E-state index in [1.54, 1.807) is 36.7 Å². The Hall–Kier alpha value is -4.58. The smallest absolute Gasteiger partial charge is 0.433 e. The first-order chi connectivity index (χ1) is 19.5. The van der Waals surface area contributed by atoms with Gasteiger partial charge in [-0.2, -0.15) is 23.4 Å². The van der Waals surface area contributed by atoms with E-state index in [2.05, 4.69) is 20.5 Å². The van der Waals surface area contributed by atoms with E-state index in [0.29, 0.717) is 50.2 Å². The number of aromatic nitrogens is 5. The fraction of sp³-hybridized carbons (Fsp3) is 0.214. The van der Waals surface area contributed by atoms with Gasteiger partial charge in [0.05, 0.1) is 43.5 Å². The molecule has 2 aromatic carbocycles. The Labute approximate surface area is 237 Å². The highest BCUT2D eigenvalue weighted by Gasteiger charge is 2.36. The van der Waals surface area contributed by atoms with E-state index in [9.17, 15) is 18.0 Å². The molecule has 0 aliphatic rings. The molecule has 1 amide bonds. The van der Waals surface area contributed by atoms with Gasteiger partial charge in [-0.05, 0) is 49.7 Å². The Morgan fingerprint density at radius 2 is 1.73 bits per heavy atom. The fourth-order valence-corrected chi connectivity index (χ4v) is 4.62. The first-order valence-corrected chi connectivity index (χ1v) is 12.7. The Morgan fingerprint density at radius 1 is 1.00 bits per heavy atom. The highest BCUT2D eigenvalue weighted by atomic mass is 35.5. The molecule has 1 N–H and O–H groups in total. The third kappa shape index (κ3) is 5.42. The number of ether oxygens (including phenoxy) is 2. The Bertz CT molecular complexity index is 1780. The van der Waals surface area contributed by atoms with Gasteiger partial charge in [0, 0.05) is 16.7 Å². The molecule has 0 unspecified atom stereocenters. The average molecular weight is 585 g/mol. The maximum absolute atomic E-state index is 14.1. The Kier molecular flexibility index (Phi) is 7.35. The van der Waals surface area contributed by atoms with Crippen LogP contribution in [0.4, 0.5) is 18.9 Å². The highest BCUT2D eigenvalue weighted by Crippen LogP contribution is 2.35. The third-order valence-electron chi connectivity index (χ3n) is 6.53. The molecule has 41 heavy (non-hydrogen) atoms. The normalized spacial score (nSPS) is 11.6. The number of aryl methyl sites for hydroxylation is 1. The van der Waals surface area contributed by atoms with Gasteiger partial charge in [0.2, 0.25) is 0 Å². The van der Waals surface area contributed by atoms with E-state index >= 15 is 0 Å². The first kappa shape index (κ1) is 28.0. The number of hydrogen-bond donors (Lipinski definition) is 1. The van der Waals surface area contributed by atoms with Crippen molar-refractivity contribution in [3.63, 3.8) is 0 Å². The number of amides is 1.